The smallest absolute Gasteiger partial charge is 0.338 e. The van der Waals surface area contributed by atoms with E-state index in [1.54, 1.807) is 24.5 Å². The number of rotatable bonds is 15. The summed E-state index contributed by atoms with van der Waals surface area (Å²) in [5.74, 6) is 0.635. The van der Waals surface area contributed by atoms with E-state index in [2.05, 4.69) is 16.5 Å². The molecule has 1 aliphatic rings. The van der Waals surface area contributed by atoms with Crippen molar-refractivity contribution >= 4 is 11.9 Å². The van der Waals surface area contributed by atoms with Crippen molar-refractivity contribution in [1.29, 1.82) is 0 Å². The van der Waals surface area contributed by atoms with Crippen LogP contribution < -0.4 is 4.74 Å². The van der Waals surface area contributed by atoms with Crippen LogP contribution in [0.4, 0.5) is 0 Å². The zero-order chi connectivity index (χ0) is 25.4. The summed E-state index contributed by atoms with van der Waals surface area (Å²) in [7, 11) is 0. The van der Waals surface area contributed by atoms with Crippen molar-refractivity contribution in [2.24, 2.45) is 0 Å². The van der Waals surface area contributed by atoms with Crippen LogP contribution >= 0.6 is 0 Å². The third kappa shape index (κ3) is 9.80. The average Bonchev–Trinajstić information content (AvgIpc) is 2.92. The molecular formula is C29H38N2O5. The van der Waals surface area contributed by atoms with E-state index in [-0.39, 0.29) is 18.0 Å². The van der Waals surface area contributed by atoms with Gasteiger partial charge >= 0.3 is 11.9 Å². The van der Waals surface area contributed by atoms with Crippen LogP contribution in [-0.2, 0) is 14.3 Å². The average molecular weight is 495 g/mol. The molecule has 1 heterocycles. The van der Waals surface area contributed by atoms with Crippen LogP contribution in [0, 0.1) is 0 Å². The van der Waals surface area contributed by atoms with Crippen LogP contribution in [0.15, 0.2) is 49.3 Å². The maximum atomic E-state index is 12.4. The summed E-state index contributed by atoms with van der Waals surface area (Å²) in [5, 5.41) is 0. The molecule has 0 unspecified atom stereocenters. The molecule has 0 amide bonds. The van der Waals surface area contributed by atoms with Crippen LogP contribution in [0.5, 0.6) is 5.75 Å². The summed E-state index contributed by atoms with van der Waals surface area (Å²) in [6.07, 6.45) is 17.6. The molecule has 0 saturated heterocycles. The molecule has 7 nitrogen and oxygen atoms in total. The Labute approximate surface area is 214 Å². The molecule has 0 N–H and O–H groups in total. The lowest BCUT2D eigenvalue weighted by Gasteiger charge is -2.21. The number of ether oxygens (including phenoxy) is 3. The van der Waals surface area contributed by atoms with E-state index >= 15 is 0 Å². The van der Waals surface area contributed by atoms with Crippen molar-refractivity contribution in [2.45, 2.75) is 83.2 Å². The van der Waals surface area contributed by atoms with Gasteiger partial charge in [-0.25, -0.2) is 19.6 Å². The number of esters is 2. The Bertz CT molecular complexity index is 937. The number of benzene rings is 1. The van der Waals surface area contributed by atoms with E-state index in [1.807, 2.05) is 12.1 Å². The highest BCUT2D eigenvalue weighted by Crippen LogP contribution is 2.22. The molecule has 0 atom stereocenters. The van der Waals surface area contributed by atoms with Gasteiger partial charge in [0.2, 0.25) is 0 Å². The summed E-state index contributed by atoms with van der Waals surface area (Å²) in [4.78, 5) is 32.1. The van der Waals surface area contributed by atoms with Crippen LogP contribution in [0.25, 0.3) is 11.4 Å². The first kappa shape index (κ1) is 27.4. The van der Waals surface area contributed by atoms with Gasteiger partial charge < -0.3 is 14.2 Å². The van der Waals surface area contributed by atoms with Gasteiger partial charge in [-0.3, -0.25) is 0 Å². The third-order valence-electron chi connectivity index (χ3n) is 6.30. The van der Waals surface area contributed by atoms with E-state index in [0.29, 0.717) is 30.4 Å². The molecular weight excluding hydrogens is 456 g/mol. The number of unbranched alkanes of at least 4 members (excludes halogenated alkanes) is 6. The summed E-state index contributed by atoms with van der Waals surface area (Å²) < 4.78 is 16.4. The zero-order valence-corrected chi connectivity index (χ0v) is 21.2. The van der Waals surface area contributed by atoms with E-state index in [0.717, 1.165) is 69.8 Å². The second-order valence-corrected chi connectivity index (χ2v) is 9.18. The van der Waals surface area contributed by atoms with Crippen molar-refractivity contribution in [2.75, 3.05) is 13.2 Å². The number of aromatic nitrogens is 2. The molecule has 1 aliphatic carbocycles. The van der Waals surface area contributed by atoms with Crippen LogP contribution in [-0.4, -0.2) is 41.2 Å². The minimum atomic E-state index is -0.350. The maximum Gasteiger partial charge on any atom is 0.338 e. The molecule has 0 aliphatic heterocycles. The van der Waals surface area contributed by atoms with Gasteiger partial charge in [0.1, 0.15) is 6.10 Å². The highest BCUT2D eigenvalue weighted by atomic mass is 16.5. The fraction of sp³-hybridized carbons (Fsp3) is 0.517. The second kappa shape index (κ2) is 15.7. The first-order valence-corrected chi connectivity index (χ1v) is 13.2. The second-order valence-electron chi connectivity index (χ2n) is 9.18. The first-order chi connectivity index (χ1) is 17.7. The van der Waals surface area contributed by atoms with E-state index in [4.69, 9.17) is 14.2 Å². The van der Waals surface area contributed by atoms with Gasteiger partial charge in [-0.15, -0.1) is 0 Å². The minimum Gasteiger partial charge on any atom is -0.490 e. The quantitative estimate of drug-likeness (QED) is 0.159. The highest BCUT2D eigenvalue weighted by molar-refractivity contribution is 5.90. The van der Waals surface area contributed by atoms with Crippen LogP contribution in [0.3, 0.4) is 0 Å². The number of carbonyl (C=O) groups is 2. The highest BCUT2D eigenvalue weighted by Gasteiger charge is 2.18. The summed E-state index contributed by atoms with van der Waals surface area (Å²) in [6, 6.07) is 7.24. The van der Waals surface area contributed by atoms with Crippen LogP contribution in [0.2, 0.25) is 0 Å². The molecule has 1 fully saturated rings. The summed E-state index contributed by atoms with van der Waals surface area (Å²) >= 11 is 0. The van der Waals surface area contributed by atoms with Crippen molar-refractivity contribution in [3.63, 3.8) is 0 Å². The lowest BCUT2D eigenvalue weighted by molar-refractivity contribution is -0.137. The Balaban J connectivity index is 1.28. The van der Waals surface area contributed by atoms with Gasteiger partial charge in [0.25, 0.3) is 0 Å². The zero-order valence-electron chi connectivity index (χ0n) is 21.2. The number of hydrogen-bond donors (Lipinski definition) is 0. The molecule has 0 spiro atoms. The molecule has 0 bridgehead atoms. The largest absolute Gasteiger partial charge is 0.490 e. The number of nitrogens with zero attached hydrogens (tertiary/aromatic N) is 2. The van der Waals surface area contributed by atoms with Crippen molar-refractivity contribution in [3.05, 3.63) is 54.9 Å². The molecule has 3 rings (SSSR count). The normalized spacial score (nSPS) is 13.7. The Hall–Kier alpha value is -3.22. The standard InChI is InChI=1S/C29H38N2O5/c1-2-27(32)35-20-12-7-5-3-4-6-11-19-34-26-21-30-28(31-22-26)23-15-17-24(18-16-23)29(33)36-25-13-9-8-10-14-25/h2,15-18,21-22,25H,1,3-14,19-20H2. The van der Waals surface area contributed by atoms with E-state index < -0.39 is 0 Å². The SMILES string of the molecule is C=CC(=O)OCCCCCCCCCOc1cnc(-c2ccc(C(=O)OC3CCCCC3)cc2)nc1. The van der Waals surface area contributed by atoms with Gasteiger partial charge in [-0.1, -0.05) is 57.2 Å². The Morgan fingerprint density at radius 1 is 0.861 bits per heavy atom. The summed E-state index contributed by atoms with van der Waals surface area (Å²) in [5.41, 5.74) is 1.40. The van der Waals surface area contributed by atoms with Crippen molar-refractivity contribution in [1.82, 2.24) is 9.97 Å². The predicted octanol–water partition coefficient (Wildman–Crippen LogP) is 6.47. The lowest BCUT2D eigenvalue weighted by Crippen LogP contribution is -2.20. The number of carbonyl (C=O) groups excluding carboxylic acids is 2. The fourth-order valence-corrected chi connectivity index (χ4v) is 4.21. The van der Waals surface area contributed by atoms with Gasteiger partial charge in [-0.2, -0.15) is 0 Å². The molecule has 7 heteroatoms. The molecule has 1 aromatic heterocycles. The van der Waals surface area contributed by atoms with Gasteiger partial charge in [0.05, 0.1) is 31.2 Å². The summed E-state index contributed by atoms with van der Waals surface area (Å²) in [6.45, 7) is 4.49. The Morgan fingerprint density at radius 3 is 2.11 bits per heavy atom. The Morgan fingerprint density at radius 2 is 1.47 bits per heavy atom. The predicted molar refractivity (Wildman–Crippen MR) is 139 cm³/mol. The van der Waals surface area contributed by atoms with Crippen molar-refractivity contribution in [3.8, 4) is 17.1 Å². The molecule has 1 aromatic carbocycles. The topological polar surface area (TPSA) is 87.6 Å². The minimum absolute atomic E-state index is 0.0498. The molecule has 36 heavy (non-hydrogen) atoms. The maximum absolute atomic E-state index is 12.4. The first-order valence-electron chi connectivity index (χ1n) is 13.2. The van der Waals surface area contributed by atoms with Gasteiger partial charge in [0.15, 0.2) is 11.6 Å². The lowest BCUT2D eigenvalue weighted by atomic mass is 9.98. The van der Waals surface area contributed by atoms with Crippen LogP contribution in [0.1, 0.15) is 87.4 Å². The number of hydrogen-bond acceptors (Lipinski definition) is 7. The molecule has 2 aromatic rings. The van der Waals surface area contributed by atoms with Crippen molar-refractivity contribution < 1.29 is 23.8 Å². The monoisotopic (exact) mass is 494 g/mol. The molecule has 0 radical (unpaired) electrons. The fourth-order valence-electron chi connectivity index (χ4n) is 4.21. The third-order valence-corrected chi connectivity index (χ3v) is 6.30. The van der Waals surface area contributed by atoms with E-state index in [1.165, 1.54) is 18.9 Å². The molecule has 1 saturated carbocycles. The van der Waals surface area contributed by atoms with E-state index in [9.17, 15) is 9.59 Å². The molecule has 194 valence electrons. The Kier molecular flexibility index (Phi) is 11.9. The van der Waals surface area contributed by atoms with Gasteiger partial charge in [0, 0.05) is 11.6 Å². The van der Waals surface area contributed by atoms with Gasteiger partial charge in [-0.05, 0) is 50.7 Å².